The lowest BCUT2D eigenvalue weighted by Crippen LogP contribution is -2.36. The van der Waals surface area contributed by atoms with Gasteiger partial charge in [0, 0.05) is 26.1 Å². The SMILES string of the molecule is O=C(O)CC(c1cccc(C(F)(F)F)c1)N1CCN(CCCCCc2nc3ccccc3[nH]2)C1=O. The molecule has 0 bridgehead atoms. The summed E-state index contributed by atoms with van der Waals surface area (Å²) in [5.74, 6) is -0.253. The van der Waals surface area contributed by atoms with Crippen molar-refractivity contribution in [3.8, 4) is 0 Å². The number of hydrogen-bond donors (Lipinski definition) is 2. The molecule has 10 heteroatoms. The molecule has 0 radical (unpaired) electrons. The number of hydrogen-bond acceptors (Lipinski definition) is 3. The van der Waals surface area contributed by atoms with Crippen LogP contribution in [0.5, 0.6) is 0 Å². The van der Waals surface area contributed by atoms with Crippen molar-refractivity contribution in [2.75, 3.05) is 19.6 Å². The average molecular weight is 489 g/mol. The number of nitrogens with zero attached hydrogens (tertiary/aromatic N) is 3. The summed E-state index contributed by atoms with van der Waals surface area (Å²) in [6, 6.07) is 11.1. The lowest BCUT2D eigenvalue weighted by molar-refractivity contribution is -0.138. The van der Waals surface area contributed by atoms with E-state index in [0.29, 0.717) is 13.1 Å². The van der Waals surface area contributed by atoms with Gasteiger partial charge in [-0.15, -0.1) is 0 Å². The number of H-pyrrole nitrogens is 1. The second kappa shape index (κ2) is 10.4. The summed E-state index contributed by atoms with van der Waals surface area (Å²) in [4.78, 5) is 35.3. The quantitative estimate of drug-likeness (QED) is 0.382. The fourth-order valence-electron chi connectivity index (χ4n) is 4.49. The monoisotopic (exact) mass is 488 g/mol. The van der Waals surface area contributed by atoms with Gasteiger partial charge in [-0.2, -0.15) is 13.2 Å². The number of carboxylic acids is 1. The minimum Gasteiger partial charge on any atom is -0.481 e. The Morgan fingerprint density at radius 3 is 2.63 bits per heavy atom. The first-order valence-electron chi connectivity index (χ1n) is 11.6. The van der Waals surface area contributed by atoms with E-state index >= 15 is 0 Å². The number of carbonyl (C=O) groups excluding carboxylic acids is 1. The Bertz CT molecular complexity index is 1160. The van der Waals surface area contributed by atoms with Crippen LogP contribution in [-0.2, 0) is 17.4 Å². The highest BCUT2D eigenvalue weighted by molar-refractivity contribution is 5.78. The van der Waals surface area contributed by atoms with Gasteiger partial charge in [0.1, 0.15) is 5.82 Å². The summed E-state index contributed by atoms with van der Waals surface area (Å²) in [5, 5.41) is 9.35. The minimum absolute atomic E-state index is 0.170. The van der Waals surface area contributed by atoms with Gasteiger partial charge in [0.15, 0.2) is 0 Å². The van der Waals surface area contributed by atoms with E-state index in [2.05, 4.69) is 9.97 Å². The summed E-state index contributed by atoms with van der Waals surface area (Å²) in [6.07, 6.45) is -1.66. The third-order valence-electron chi connectivity index (χ3n) is 6.25. The number of aryl methyl sites for hydroxylation is 1. The van der Waals surface area contributed by atoms with Crippen LogP contribution in [-0.4, -0.2) is 56.5 Å². The molecule has 1 unspecified atom stereocenters. The van der Waals surface area contributed by atoms with Gasteiger partial charge < -0.3 is 19.9 Å². The van der Waals surface area contributed by atoms with Crippen molar-refractivity contribution in [2.24, 2.45) is 0 Å². The van der Waals surface area contributed by atoms with Crippen LogP contribution < -0.4 is 0 Å². The van der Waals surface area contributed by atoms with Gasteiger partial charge in [0.05, 0.1) is 29.1 Å². The topological polar surface area (TPSA) is 89.5 Å². The number of nitrogens with one attached hydrogen (secondary N) is 1. The number of benzene rings is 2. The highest BCUT2D eigenvalue weighted by atomic mass is 19.4. The smallest absolute Gasteiger partial charge is 0.416 e. The zero-order valence-electron chi connectivity index (χ0n) is 19.1. The molecule has 35 heavy (non-hydrogen) atoms. The van der Waals surface area contributed by atoms with E-state index in [9.17, 15) is 27.9 Å². The van der Waals surface area contributed by atoms with Crippen molar-refractivity contribution in [1.29, 1.82) is 0 Å². The van der Waals surface area contributed by atoms with Crippen LogP contribution >= 0.6 is 0 Å². The van der Waals surface area contributed by atoms with Crippen molar-refractivity contribution in [3.63, 3.8) is 0 Å². The molecule has 1 atom stereocenters. The van der Waals surface area contributed by atoms with Crippen LogP contribution in [0.25, 0.3) is 11.0 Å². The number of imidazole rings is 1. The molecule has 3 aromatic rings. The van der Waals surface area contributed by atoms with Crippen LogP contribution in [0.15, 0.2) is 48.5 Å². The number of halogens is 3. The van der Waals surface area contributed by atoms with E-state index in [4.69, 9.17) is 0 Å². The Morgan fingerprint density at radius 2 is 1.89 bits per heavy atom. The molecule has 4 rings (SSSR count). The van der Waals surface area contributed by atoms with E-state index in [1.54, 1.807) is 4.90 Å². The number of fused-ring (bicyclic) bond motifs is 1. The molecule has 1 fully saturated rings. The van der Waals surface area contributed by atoms with Crippen LogP contribution in [0.4, 0.5) is 18.0 Å². The van der Waals surface area contributed by atoms with Crippen molar-refractivity contribution < 1.29 is 27.9 Å². The first-order chi connectivity index (χ1) is 16.7. The number of aromatic amines is 1. The molecule has 1 aliphatic rings. The highest BCUT2D eigenvalue weighted by Gasteiger charge is 2.37. The molecule has 7 nitrogen and oxygen atoms in total. The zero-order chi connectivity index (χ0) is 25.0. The van der Waals surface area contributed by atoms with Gasteiger partial charge >= 0.3 is 18.2 Å². The Hall–Kier alpha value is -3.56. The van der Waals surface area contributed by atoms with Gasteiger partial charge in [-0.3, -0.25) is 4.79 Å². The minimum atomic E-state index is -4.55. The van der Waals surface area contributed by atoms with Crippen molar-refractivity contribution >= 4 is 23.0 Å². The summed E-state index contributed by atoms with van der Waals surface area (Å²) in [6.45, 7) is 1.20. The zero-order valence-corrected chi connectivity index (χ0v) is 19.1. The standard InChI is InChI=1S/C25H27F3N4O3/c26-25(27,28)18-8-6-7-17(15-18)21(16-23(33)34)32-14-13-31(24(32)35)12-5-1-2-11-22-29-19-9-3-4-10-20(19)30-22/h3-4,6-10,15,21H,1-2,5,11-14,16H2,(H,29,30)(H,33,34). The van der Waals surface area contributed by atoms with Crippen LogP contribution in [0.2, 0.25) is 0 Å². The third-order valence-corrected chi connectivity index (χ3v) is 6.25. The number of unbranched alkanes of at least 4 members (excludes halogenated alkanes) is 2. The van der Waals surface area contributed by atoms with Gasteiger partial charge in [-0.25, -0.2) is 9.78 Å². The van der Waals surface area contributed by atoms with Gasteiger partial charge in [0.2, 0.25) is 0 Å². The fourth-order valence-corrected chi connectivity index (χ4v) is 4.49. The fraction of sp³-hybridized carbons (Fsp3) is 0.400. The van der Waals surface area contributed by atoms with E-state index in [0.717, 1.165) is 54.7 Å². The second-order valence-corrected chi connectivity index (χ2v) is 8.71. The van der Waals surface area contributed by atoms with E-state index in [1.165, 1.54) is 17.0 Å². The summed E-state index contributed by atoms with van der Waals surface area (Å²) in [5.41, 5.74) is 1.24. The lowest BCUT2D eigenvalue weighted by Gasteiger charge is -2.28. The molecule has 2 heterocycles. The Morgan fingerprint density at radius 1 is 1.09 bits per heavy atom. The normalized spacial score (nSPS) is 15.2. The third kappa shape index (κ3) is 5.93. The number of carbonyl (C=O) groups is 2. The van der Waals surface area contributed by atoms with Crippen LogP contribution in [0.3, 0.4) is 0 Å². The lowest BCUT2D eigenvalue weighted by atomic mass is 10.00. The Kier molecular flexibility index (Phi) is 7.28. The Balaban J connectivity index is 1.32. The number of para-hydroxylation sites is 2. The predicted octanol–water partition coefficient (Wildman–Crippen LogP) is 5.25. The summed E-state index contributed by atoms with van der Waals surface area (Å²) < 4.78 is 39.5. The average Bonchev–Trinajstić information content (AvgIpc) is 3.39. The molecule has 2 N–H and O–H groups in total. The van der Waals surface area contributed by atoms with Gasteiger partial charge in [-0.1, -0.05) is 30.7 Å². The molecule has 0 spiro atoms. The van der Waals surface area contributed by atoms with E-state index in [1.807, 2.05) is 24.3 Å². The highest BCUT2D eigenvalue weighted by Crippen LogP contribution is 2.34. The van der Waals surface area contributed by atoms with E-state index < -0.39 is 30.2 Å². The number of aromatic nitrogens is 2. The molecule has 0 aliphatic carbocycles. The largest absolute Gasteiger partial charge is 0.481 e. The second-order valence-electron chi connectivity index (χ2n) is 8.71. The van der Waals surface area contributed by atoms with Crippen LogP contribution in [0.1, 0.15) is 48.7 Å². The summed E-state index contributed by atoms with van der Waals surface area (Å²) >= 11 is 0. The summed E-state index contributed by atoms with van der Waals surface area (Å²) in [7, 11) is 0. The first-order valence-corrected chi connectivity index (χ1v) is 11.6. The molecule has 1 aliphatic heterocycles. The van der Waals surface area contributed by atoms with Crippen molar-refractivity contribution in [3.05, 3.63) is 65.5 Å². The molecule has 0 saturated carbocycles. The number of aliphatic carboxylic acids is 1. The molecule has 186 valence electrons. The number of amides is 2. The van der Waals surface area contributed by atoms with Gasteiger partial charge in [-0.05, 0) is 42.7 Å². The van der Waals surface area contributed by atoms with E-state index in [-0.39, 0.29) is 18.1 Å². The number of carboxylic acid groups (broad SMARTS) is 1. The molecular formula is C25H27F3N4O3. The Labute approximate surface area is 200 Å². The van der Waals surface area contributed by atoms with Crippen molar-refractivity contribution in [1.82, 2.24) is 19.8 Å². The molecule has 2 aromatic carbocycles. The first kappa shape index (κ1) is 24.6. The maximum atomic E-state index is 13.2. The van der Waals surface area contributed by atoms with Gasteiger partial charge in [0.25, 0.3) is 0 Å². The number of rotatable bonds is 10. The van der Waals surface area contributed by atoms with Crippen molar-refractivity contribution in [2.45, 2.75) is 44.3 Å². The molecular weight excluding hydrogens is 461 g/mol. The van der Waals surface area contributed by atoms with Crippen LogP contribution in [0, 0.1) is 0 Å². The number of alkyl halides is 3. The maximum absolute atomic E-state index is 13.2. The molecule has 2 amide bonds. The number of urea groups is 1. The maximum Gasteiger partial charge on any atom is 0.416 e. The molecule has 1 aromatic heterocycles. The predicted molar refractivity (Wildman–Crippen MR) is 124 cm³/mol. The molecule has 1 saturated heterocycles.